The van der Waals surface area contributed by atoms with Crippen LogP contribution in [0.2, 0.25) is 0 Å². The molecule has 1 aromatic heterocycles. The number of rotatable bonds is 7. The fourth-order valence-corrected chi connectivity index (χ4v) is 3.63. The highest BCUT2D eigenvalue weighted by molar-refractivity contribution is 14.0. The van der Waals surface area contributed by atoms with Crippen LogP contribution < -0.4 is 15.5 Å². The highest BCUT2D eigenvalue weighted by Gasteiger charge is 2.42. The number of halogens is 1. The van der Waals surface area contributed by atoms with E-state index in [2.05, 4.69) is 56.3 Å². The average Bonchev–Trinajstić information content (AvgIpc) is 3.20. The van der Waals surface area contributed by atoms with Crippen LogP contribution in [0, 0.1) is 5.41 Å². The zero-order valence-electron chi connectivity index (χ0n) is 15.7. The van der Waals surface area contributed by atoms with E-state index in [0.29, 0.717) is 12.0 Å². The number of benzene rings is 1. The second-order valence-electron chi connectivity index (χ2n) is 6.96. The summed E-state index contributed by atoms with van der Waals surface area (Å²) in [4.78, 5) is 11.0. The van der Waals surface area contributed by atoms with Crippen LogP contribution in [-0.2, 0) is 13.0 Å². The Hall–Kier alpha value is -1.35. The monoisotopic (exact) mass is 485 g/mol. The molecular weight excluding hydrogens is 457 g/mol. The van der Waals surface area contributed by atoms with Crippen LogP contribution in [0.1, 0.15) is 24.1 Å². The maximum absolute atomic E-state index is 4.59. The smallest absolute Gasteiger partial charge is 0.191 e. The van der Waals surface area contributed by atoms with Gasteiger partial charge in [-0.2, -0.15) is 0 Å². The summed E-state index contributed by atoms with van der Waals surface area (Å²) in [5, 5.41) is 9.98. The lowest BCUT2D eigenvalue weighted by molar-refractivity contribution is 0.492. The van der Waals surface area contributed by atoms with Crippen molar-refractivity contribution < 1.29 is 0 Å². The van der Waals surface area contributed by atoms with Gasteiger partial charge in [0.15, 0.2) is 11.1 Å². The van der Waals surface area contributed by atoms with E-state index in [1.807, 2.05) is 26.0 Å². The lowest BCUT2D eigenvalue weighted by atomic mass is 9.96. The summed E-state index contributed by atoms with van der Waals surface area (Å²) in [6.07, 6.45) is 3.70. The first-order chi connectivity index (χ1) is 12.1. The first-order valence-electron chi connectivity index (χ1n) is 8.70. The molecule has 142 valence electrons. The minimum atomic E-state index is 0. The van der Waals surface area contributed by atoms with Crippen LogP contribution in [-0.4, -0.2) is 38.6 Å². The van der Waals surface area contributed by atoms with Gasteiger partial charge in [0.2, 0.25) is 0 Å². The van der Waals surface area contributed by atoms with Crippen LogP contribution in [0.25, 0.3) is 0 Å². The summed E-state index contributed by atoms with van der Waals surface area (Å²) >= 11 is 1.66. The molecule has 1 saturated carbocycles. The Kier molecular flexibility index (Phi) is 7.69. The zero-order valence-corrected chi connectivity index (χ0v) is 18.8. The van der Waals surface area contributed by atoms with Crippen molar-refractivity contribution in [1.29, 1.82) is 0 Å². The van der Waals surface area contributed by atoms with Gasteiger partial charge in [-0.15, -0.1) is 35.3 Å². The summed E-state index contributed by atoms with van der Waals surface area (Å²) in [5.41, 5.74) is 2.85. The topological polar surface area (TPSA) is 52.6 Å². The molecule has 2 N–H and O–H groups in total. The molecule has 0 atom stereocenters. The van der Waals surface area contributed by atoms with E-state index in [1.54, 1.807) is 11.3 Å². The van der Waals surface area contributed by atoms with Crippen molar-refractivity contribution in [3.63, 3.8) is 0 Å². The summed E-state index contributed by atoms with van der Waals surface area (Å²) in [6.45, 7) is 1.65. The van der Waals surface area contributed by atoms with Crippen LogP contribution in [0.15, 0.2) is 40.7 Å². The second kappa shape index (κ2) is 9.55. The molecule has 5 nitrogen and oxygen atoms in total. The van der Waals surface area contributed by atoms with Gasteiger partial charge in [-0.05, 0) is 30.2 Å². The highest BCUT2D eigenvalue weighted by Crippen LogP contribution is 2.47. The lowest BCUT2D eigenvalue weighted by Gasteiger charge is -2.18. The molecule has 3 rings (SSSR count). The van der Waals surface area contributed by atoms with Gasteiger partial charge in [0.05, 0.1) is 12.2 Å². The fourth-order valence-electron chi connectivity index (χ4n) is 2.87. The van der Waals surface area contributed by atoms with Crippen LogP contribution in [0.3, 0.4) is 0 Å². The number of aromatic nitrogens is 1. The third-order valence-electron chi connectivity index (χ3n) is 4.59. The summed E-state index contributed by atoms with van der Waals surface area (Å²) in [5.74, 6) is 0.846. The number of aliphatic imine (C=N–C) groups is 1. The molecule has 0 bridgehead atoms. The molecule has 0 radical (unpaired) electrons. The van der Waals surface area contributed by atoms with Crippen molar-refractivity contribution in [2.45, 2.75) is 25.8 Å². The Bertz CT molecular complexity index is 710. The Morgan fingerprint density at radius 2 is 1.96 bits per heavy atom. The van der Waals surface area contributed by atoms with Crippen molar-refractivity contribution in [2.24, 2.45) is 10.4 Å². The van der Waals surface area contributed by atoms with Gasteiger partial charge in [0, 0.05) is 33.1 Å². The molecule has 0 spiro atoms. The van der Waals surface area contributed by atoms with Gasteiger partial charge in [-0.1, -0.05) is 30.3 Å². The van der Waals surface area contributed by atoms with Crippen molar-refractivity contribution in [3.05, 3.63) is 47.0 Å². The fraction of sp³-hybridized carbons (Fsp3) is 0.474. The summed E-state index contributed by atoms with van der Waals surface area (Å²) < 4.78 is 0. The molecule has 1 heterocycles. The Morgan fingerprint density at radius 1 is 1.23 bits per heavy atom. The van der Waals surface area contributed by atoms with Gasteiger partial charge in [-0.3, -0.25) is 4.99 Å². The molecule has 1 aliphatic carbocycles. The van der Waals surface area contributed by atoms with Gasteiger partial charge < -0.3 is 15.5 Å². The largest absolute Gasteiger partial charge is 0.356 e. The van der Waals surface area contributed by atoms with E-state index in [0.717, 1.165) is 29.8 Å². The average molecular weight is 485 g/mol. The molecule has 0 saturated heterocycles. The molecule has 7 heteroatoms. The van der Waals surface area contributed by atoms with Gasteiger partial charge >= 0.3 is 0 Å². The zero-order chi connectivity index (χ0) is 17.7. The van der Waals surface area contributed by atoms with Crippen molar-refractivity contribution in [2.75, 3.05) is 32.6 Å². The van der Waals surface area contributed by atoms with Crippen molar-refractivity contribution in [1.82, 2.24) is 15.6 Å². The second-order valence-corrected chi connectivity index (χ2v) is 7.79. The van der Waals surface area contributed by atoms with E-state index < -0.39 is 0 Å². The lowest BCUT2D eigenvalue weighted by Crippen LogP contribution is -2.40. The van der Waals surface area contributed by atoms with E-state index in [9.17, 15) is 0 Å². The van der Waals surface area contributed by atoms with Gasteiger partial charge in [0.25, 0.3) is 0 Å². The number of hydrogen-bond acceptors (Lipinski definition) is 4. The van der Waals surface area contributed by atoms with E-state index in [4.69, 9.17) is 0 Å². The number of guanidine groups is 1. The van der Waals surface area contributed by atoms with Crippen LogP contribution >= 0.6 is 35.3 Å². The molecule has 1 aromatic carbocycles. The molecule has 2 aromatic rings. The molecule has 1 aliphatic rings. The third-order valence-corrected chi connectivity index (χ3v) is 5.65. The highest BCUT2D eigenvalue weighted by atomic mass is 127. The molecule has 1 fully saturated rings. The minimum Gasteiger partial charge on any atom is -0.356 e. The molecule has 26 heavy (non-hydrogen) atoms. The molecule has 0 aliphatic heterocycles. The van der Waals surface area contributed by atoms with Crippen LogP contribution in [0.5, 0.6) is 0 Å². The number of thiazole rings is 1. The number of nitrogens with zero attached hydrogens (tertiary/aromatic N) is 3. The third kappa shape index (κ3) is 5.84. The first-order valence-corrected chi connectivity index (χ1v) is 9.58. The van der Waals surface area contributed by atoms with Gasteiger partial charge in [-0.25, -0.2) is 4.98 Å². The van der Waals surface area contributed by atoms with Gasteiger partial charge in [0.1, 0.15) is 0 Å². The molecule has 0 unspecified atom stereocenters. The van der Waals surface area contributed by atoms with Crippen molar-refractivity contribution in [3.8, 4) is 0 Å². The van der Waals surface area contributed by atoms with E-state index in [1.165, 1.54) is 18.4 Å². The predicted molar refractivity (Wildman–Crippen MR) is 122 cm³/mol. The van der Waals surface area contributed by atoms with Crippen LogP contribution in [0.4, 0.5) is 5.13 Å². The van der Waals surface area contributed by atoms with E-state index in [-0.39, 0.29) is 24.0 Å². The normalized spacial score (nSPS) is 15.1. The standard InChI is InChI=1S/C19H27N5S.HI/c1-20-17(21-12-16-13-25-18(23-16)24(2)3)22-14-19(9-10-19)11-15-7-5-4-6-8-15;/h4-8,13H,9-12,14H2,1-3H3,(H2,20,21,22);1H. The summed E-state index contributed by atoms with van der Waals surface area (Å²) in [6, 6.07) is 10.8. The Morgan fingerprint density at radius 3 is 2.54 bits per heavy atom. The van der Waals surface area contributed by atoms with E-state index >= 15 is 0 Å². The maximum atomic E-state index is 4.59. The maximum Gasteiger partial charge on any atom is 0.191 e. The summed E-state index contributed by atoms with van der Waals surface area (Å²) in [7, 11) is 5.84. The number of hydrogen-bond donors (Lipinski definition) is 2. The minimum absolute atomic E-state index is 0. The van der Waals surface area contributed by atoms with Crippen molar-refractivity contribution >= 4 is 46.4 Å². The predicted octanol–water partition coefficient (Wildman–Crippen LogP) is 3.52. The quantitative estimate of drug-likeness (QED) is 0.358. The number of nitrogens with one attached hydrogen (secondary N) is 2. The Balaban J connectivity index is 0.00000243. The molecular formula is C19H28IN5S. The number of anilines is 1. The Labute approximate surface area is 177 Å². The SMILES string of the molecule is CN=C(NCc1csc(N(C)C)n1)NCC1(Cc2ccccc2)CC1.I. The molecule has 0 amide bonds. The first kappa shape index (κ1) is 21.0.